The number of fused-ring (bicyclic) bond motifs is 1. The maximum atomic E-state index is 11.9. The highest BCUT2D eigenvalue weighted by Crippen LogP contribution is 2.20. The van der Waals surface area contributed by atoms with Gasteiger partial charge in [0.25, 0.3) is 5.69 Å². The van der Waals surface area contributed by atoms with Crippen LogP contribution in [-0.4, -0.2) is 20.4 Å². The van der Waals surface area contributed by atoms with Crippen LogP contribution in [0.3, 0.4) is 0 Å². The molecule has 112 valence electrons. The number of anilines is 1. The van der Waals surface area contributed by atoms with Gasteiger partial charge in [0.05, 0.1) is 16.5 Å². The number of nitro benzene ring substituents is 1. The summed E-state index contributed by atoms with van der Waals surface area (Å²) in [6.07, 6.45) is 1.54. The lowest BCUT2D eigenvalue weighted by atomic mass is 10.3. The van der Waals surface area contributed by atoms with Crippen LogP contribution in [0.25, 0.3) is 11.1 Å². The van der Waals surface area contributed by atoms with E-state index >= 15 is 0 Å². The van der Waals surface area contributed by atoms with Gasteiger partial charge in [-0.15, -0.1) is 11.3 Å². The molecule has 2 aromatic heterocycles. The van der Waals surface area contributed by atoms with Crippen LogP contribution >= 0.6 is 11.3 Å². The van der Waals surface area contributed by atoms with E-state index in [1.807, 2.05) is 0 Å². The third kappa shape index (κ3) is 2.59. The molecule has 0 saturated carbocycles. The van der Waals surface area contributed by atoms with Crippen molar-refractivity contribution in [1.29, 1.82) is 0 Å². The Morgan fingerprint density at radius 2 is 2.32 bits per heavy atom. The van der Waals surface area contributed by atoms with Crippen LogP contribution in [0.1, 0.15) is 0 Å². The van der Waals surface area contributed by atoms with Crippen molar-refractivity contribution in [2.45, 2.75) is 6.54 Å². The van der Waals surface area contributed by atoms with Gasteiger partial charge >= 0.3 is 5.76 Å². The van der Waals surface area contributed by atoms with Crippen LogP contribution in [-0.2, 0) is 11.3 Å². The molecular weight excluding hydrogens is 312 g/mol. The van der Waals surface area contributed by atoms with Crippen molar-refractivity contribution in [2.75, 3.05) is 5.32 Å². The summed E-state index contributed by atoms with van der Waals surface area (Å²) in [5.74, 6) is -1.21. The Labute approximate surface area is 126 Å². The first-order valence-corrected chi connectivity index (χ1v) is 6.89. The molecule has 1 amide bonds. The van der Waals surface area contributed by atoms with Crippen LogP contribution in [0.4, 0.5) is 10.8 Å². The second-order valence-electron chi connectivity index (χ2n) is 4.25. The second kappa shape index (κ2) is 5.41. The van der Waals surface area contributed by atoms with E-state index in [9.17, 15) is 19.7 Å². The minimum atomic E-state index is -0.759. The van der Waals surface area contributed by atoms with Gasteiger partial charge in [0.15, 0.2) is 10.7 Å². The van der Waals surface area contributed by atoms with Gasteiger partial charge < -0.3 is 9.73 Å². The van der Waals surface area contributed by atoms with E-state index in [4.69, 9.17) is 4.42 Å². The Morgan fingerprint density at radius 1 is 1.50 bits per heavy atom. The summed E-state index contributed by atoms with van der Waals surface area (Å²) in [4.78, 5) is 37.7. The molecule has 0 atom stereocenters. The van der Waals surface area contributed by atoms with Crippen LogP contribution in [0.5, 0.6) is 0 Å². The summed E-state index contributed by atoms with van der Waals surface area (Å²) in [5.41, 5.74) is 0.173. The number of oxazole rings is 1. The van der Waals surface area contributed by atoms with Crippen LogP contribution in [0.15, 0.2) is 39.0 Å². The maximum Gasteiger partial charge on any atom is 0.420 e. The van der Waals surface area contributed by atoms with E-state index in [0.717, 1.165) is 10.6 Å². The Morgan fingerprint density at radius 3 is 3.00 bits per heavy atom. The second-order valence-corrected chi connectivity index (χ2v) is 5.14. The molecule has 0 unspecified atom stereocenters. The molecule has 10 heteroatoms. The van der Waals surface area contributed by atoms with E-state index in [1.54, 1.807) is 11.6 Å². The molecule has 9 nitrogen and oxygen atoms in total. The standard InChI is InChI=1S/C12H8N4O5S/c17-10(14-11-13-3-4-22-11)6-15-8-2-1-7(16(19)20)5-9(8)21-12(15)18/h1-5H,6H2,(H,13,14,17). The maximum absolute atomic E-state index is 11.9. The SMILES string of the molecule is O=C(Cn1c(=O)oc2cc([N+](=O)[O-])ccc21)Nc1nccs1. The van der Waals surface area contributed by atoms with Crippen molar-refractivity contribution < 1.29 is 14.1 Å². The lowest BCUT2D eigenvalue weighted by Gasteiger charge is -2.02. The fraction of sp³-hybridized carbons (Fsp3) is 0.0833. The minimum absolute atomic E-state index is 0.0567. The van der Waals surface area contributed by atoms with Gasteiger partial charge in [0.2, 0.25) is 5.91 Å². The Bertz CT molecular complexity index is 911. The highest BCUT2D eigenvalue weighted by molar-refractivity contribution is 7.13. The van der Waals surface area contributed by atoms with Crippen molar-refractivity contribution in [3.8, 4) is 0 Å². The lowest BCUT2D eigenvalue weighted by Crippen LogP contribution is -2.24. The summed E-state index contributed by atoms with van der Waals surface area (Å²) < 4.78 is 6.04. The van der Waals surface area contributed by atoms with E-state index < -0.39 is 16.6 Å². The summed E-state index contributed by atoms with van der Waals surface area (Å²) in [5, 5.41) is 15.4. The zero-order valence-electron chi connectivity index (χ0n) is 10.9. The highest BCUT2D eigenvalue weighted by Gasteiger charge is 2.16. The third-order valence-electron chi connectivity index (χ3n) is 2.84. The fourth-order valence-corrected chi connectivity index (χ4v) is 2.45. The Hall–Kier alpha value is -3.01. The van der Waals surface area contributed by atoms with Crippen molar-refractivity contribution >= 4 is 39.2 Å². The zero-order chi connectivity index (χ0) is 15.7. The van der Waals surface area contributed by atoms with E-state index in [1.165, 1.54) is 23.5 Å². The summed E-state index contributed by atoms with van der Waals surface area (Å²) in [6, 6.07) is 3.76. The first kappa shape index (κ1) is 13.9. The number of benzene rings is 1. The quantitative estimate of drug-likeness (QED) is 0.576. The molecule has 3 rings (SSSR count). The third-order valence-corrected chi connectivity index (χ3v) is 3.53. The molecule has 0 spiro atoms. The summed E-state index contributed by atoms with van der Waals surface area (Å²) in [6.45, 7) is -0.275. The Balaban J connectivity index is 1.90. The van der Waals surface area contributed by atoms with Gasteiger partial charge in [-0.05, 0) is 6.07 Å². The summed E-state index contributed by atoms with van der Waals surface area (Å²) >= 11 is 1.25. The molecule has 0 fully saturated rings. The summed E-state index contributed by atoms with van der Waals surface area (Å²) in [7, 11) is 0. The lowest BCUT2D eigenvalue weighted by molar-refractivity contribution is -0.384. The molecule has 0 bridgehead atoms. The van der Waals surface area contributed by atoms with E-state index in [0.29, 0.717) is 10.6 Å². The molecule has 0 aliphatic heterocycles. The molecular formula is C12H8N4O5S. The topological polar surface area (TPSA) is 120 Å². The van der Waals surface area contributed by atoms with Crippen LogP contribution < -0.4 is 11.1 Å². The molecule has 0 radical (unpaired) electrons. The molecule has 0 aliphatic rings. The van der Waals surface area contributed by atoms with Crippen molar-refractivity contribution in [3.05, 3.63) is 50.4 Å². The molecule has 1 aromatic carbocycles. The van der Waals surface area contributed by atoms with Crippen molar-refractivity contribution in [2.24, 2.45) is 0 Å². The number of carbonyl (C=O) groups excluding carboxylic acids is 1. The number of hydrogen-bond acceptors (Lipinski definition) is 7. The number of carbonyl (C=O) groups is 1. The minimum Gasteiger partial charge on any atom is -0.407 e. The number of nitro groups is 1. The number of nitrogens with one attached hydrogen (secondary N) is 1. The van der Waals surface area contributed by atoms with Gasteiger partial charge in [-0.1, -0.05) is 0 Å². The first-order valence-electron chi connectivity index (χ1n) is 6.02. The van der Waals surface area contributed by atoms with Gasteiger partial charge in [0, 0.05) is 17.6 Å². The zero-order valence-corrected chi connectivity index (χ0v) is 11.7. The first-order chi connectivity index (χ1) is 10.5. The monoisotopic (exact) mass is 320 g/mol. The van der Waals surface area contributed by atoms with Gasteiger partial charge in [0.1, 0.15) is 6.54 Å². The molecule has 22 heavy (non-hydrogen) atoms. The smallest absolute Gasteiger partial charge is 0.407 e. The largest absolute Gasteiger partial charge is 0.420 e. The van der Waals surface area contributed by atoms with Crippen molar-refractivity contribution in [1.82, 2.24) is 9.55 Å². The van der Waals surface area contributed by atoms with Gasteiger partial charge in [-0.25, -0.2) is 9.78 Å². The molecule has 3 aromatic rings. The normalized spacial score (nSPS) is 10.7. The fourth-order valence-electron chi connectivity index (χ4n) is 1.91. The van der Waals surface area contributed by atoms with Gasteiger partial charge in [-0.3, -0.25) is 19.5 Å². The van der Waals surface area contributed by atoms with E-state index in [-0.39, 0.29) is 17.8 Å². The average molecular weight is 320 g/mol. The highest BCUT2D eigenvalue weighted by atomic mass is 32.1. The predicted octanol–water partition coefficient (Wildman–Crippen LogP) is 1.60. The number of hydrogen-bond donors (Lipinski definition) is 1. The molecule has 2 heterocycles. The predicted molar refractivity (Wildman–Crippen MR) is 77.9 cm³/mol. The average Bonchev–Trinajstić information content (AvgIpc) is 3.07. The number of non-ortho nitro benzene ring substituents is 1. The number of rotatable bonds is 4. The number of thiazole rings is 1. The molecule has 1 N–H and O–H groups in total. The molecule has 0 saturated heterocycles. The van der Waals surface area contributed by atoms with Crippen molar-refractivity contribution in [3.63, 3.8) is 0 Å². The number of amides is 1. The molecule has 0 aliphatic carbocycles. The number of nitrogens with zero attached hydrogens (tertiary/aromatic N) is 3. The number of aromatic nitrogens is 2. The van der Waals surface area contributed by atoms with E-state index in [2.05, 4.69) is 10.3 Å². The van der Waals surface area contributed by atoms with Crippen LogP contribution in [0.2, 0.25) is 0 Å². The Kier molecular flexibility index (Phi) is 3.43. The van der Waals surface area contributed by atoms with Gasteiger partial charge in [-0.2, -0.15) is 0 Å². The van der Waals surface area contributed by atoms with Crippen LogP contribution in [0, 0.1) is 10.1 Å².